The Morgan fingerprint density at radius 3 is 2.83 bits per heavy atom. The second-order valence-electron chi connectivity index (χ2n) is 6.89. The van der Waals surface area contributed by atoms with Crippen molar-refractivity contribution in [1.82, 2.24) is 14.8 Å². The third-order valence-electron chi connectivity index (χ3n) is 5.25. The maximum atomic E-state index is 11.0. The summed E-state index contributed by atoms with van der Waals surface area (Å²) in [6.07, 6.45) is 8.56. The van der Waals surface area contributed by atoms with Crippen LogP contribution in [-0.2, 0) is 11.3 Å². The van der Waals surface area contributed by atoms with Crippen molar-refractivity contribution in [3.05, 3.63) is 30.1 Å². The van der Waals surface area contributed by atoms with E-state index in [9.17, 15) is 4.79 Å². The zero-order valence-electron chi connectivity index (χ0n) is 13.7. The molecule has 0 aliphatic carbocycles. The number of aliphatic carboxylic acids is 1. The molecule has 0 aromatic carbocycles. The van der Waals surface area contributed by atoms with Crippen LogP contribution in [0.3, 0.4) is 0 Å². The van der Waals surface area contributed by atoms with Crippen molar-refractivity contribution in [3.63, 3.8) is 0 Å². The first kappa shape index (κ1) is 16.4. The van der Waals surface area contributed by atoms with E-state index in [0.29, 0.717) is 12.0 Å². The minimum absolute atomic E-state index is 0.287. The lowest BCUT2D eigenvalue weighted by molar-refractivity contribution is -0.137. The number of hydrogen-bond acceptors (Lipinski definition) is 4. The number of hydrogen-bond donors (Lipinski definition) is 1. The number of rotatable bonds is 6. The maximum absolute atomic E-state index is 11.0. The highest BCUT2D eigenvalue weighted by atomic mass is 16.4. The second-order valence-corrected chi connectivity index (χ2v) is 6.89. The van der Waals surface area contributed by atoms with E-state index in [1.807, 2.05) is 12.3 Å². The van der Waals surface area contributed by atoms with Crippen LogP contribution >= 0.6 is 0 Å². The zero-order valence-corrected chi connectivity index (χ0v) is 13.7. The van der Waals surface area contributed by atoms with E-state index in [1.54, 1.807) is 6.20 Å². The lowest BCUT2D eigenvalue weighted by Gasteiger charge is -2.42. The average molecular weight is 317 g/mol. The second kappa shape index (κ2) is 7.88. The van der Waals surface area contributed by atoms with Gasteiger partial charge in [-0.2, -0.15) is 0 Å². The van der Waals surface area contributed by atoms with E-state index in [0.717, 1.165) is 32.5 Å². The minimum atomic E-state index is -0.672. The molecule has 1 aromatic rings. The molecule has 3 heterocycles. The number of nitrogens with zero attached hydrogens (tertiary/aromatic N) is 3. The molecule has 0 spiro atoms. The predicted molar refractivity (Wildman–Crippen MR) is 89.1 cm³/mol. The molecule has 1 N–H and O–H groups in total. The van der Waals surface area contributed by atoms with Crippen LogP contribution in [0.15, 0.2) is 24.5 Å². The molecule has 2 atom stereocenters. The minimum Gasteiger partial charge on any atom is -0.481 e. The normalized spacial score (nSPS) is 26.4. The monoisotopic (exact) mass is 317 g/mol. The van der Waals surface area contributed by atoms with Gasteiger partial charge in [-0.3, -0.25) is 14.7 Å². The SMILES string of the molecule is O=C(O)CC[C@@H]1CN(Cc2cccnc2)CC[C@@H]1N1CCCC1. The lowest BCUT2D eigenvalue weighted by atomic mass is 9.87. The van der Waals surface area contributed by atoms with Crippen LogP contribution in [0.4, 0.5) is 0 Å². The van der Waals surface area contributed by atoms with Gasteiger partial charge in [0.05, 0.1) is 0 Å². The van der Waals surface area contributed by atoms with Gasteiger partial charge in [-0.15, -0.1) is 0 Å². The third kappa shape index (κ3) is 4.52. The molecular formula is C18H27N3O2. The first-order chi connectivity index (χ1) is 11.2. The topological polar surface area (TPSA) is 56.7 Å². The Bertz CT molecular complexity index is 502. The fraction of sp³-hybridized carbons (Fsp3) is 0.667. The van der Waals surface area contributed by atoms with Gasteiger partial charge < -0.3 is 10.0 Å². The van der Waals surface area contributed by atoms with Crippen molar-refractivity contribution in [1.29, 1.82) is 0 Å². The van der Waals surface area contributed by atoms with Crippen molar-refractivity contribution in [2.75, 3.05) is 26.2 Å². The number of carbonyl (C=O) groups is 1. The standard InChI is InChI=1S/C18H27N3O2/c22-18(23)6-5-16-14-20(13-15-4-3-8-19-12-15)11-7-17(16)21-9-1-2-10-21/h3-4,8,12,16-17H,1-2,5-7,9-11,13-14H2,(H,22,23)/t16-,17+/m1/s1. The smallest absolute Gasteiger partial charge is 0.303 e. The molecule has 2 fully saturated rings. The first-order valence-corrected chi connectivity index (χ1v) is 8.79. The Balaban J connectivity index is 1.62. The molecule has 3 rings (SSSR count). The van der Waals surface area contributed by atoms with Crippen molar-refractivity contribution >= 4 is 5.97 Å². The van der Waals surface area contributed by atoms with E-state index in [4.69, 9.17) is 5.11 Å². The molecule has 0 amide bonds. The Kier molecular flexibility index (Phi) is 5.62. The third-order valence-corrected chi connectivity index (χ3v) is 5.25. The summed E-state index contributed by atoms with van der Waals surface area (Å²) in [5, 5.41) is 9.06. The number of piperidine rings is 1. The van der Waals surface area contributed by atoms with Gasteiger partial charge in [0, 0.05) is 37.9 Å². The molecule has 2 aliphatic rings. The largest absolute Gasteiger partial charge is 0.481 e. The summed E-state index contributed by atoms with van der Waals surface area (Å²) >= 11 is 0. The Morgan fingerprint density at radius 1 is 1.30 bits per heavy atom. The Hall–Kier alpha value is -1.46. The Morgan fingerprint density at radius 2 is 2.13 bits per heavy atom. The number of carboxylic acids is 1. The molecular weight excluding hydrogens is 290 g/mol. The van der Waals surface area contributed by atoms with Gasteiger partial charge in [0.1, 0.15) is 0 Å². The van der Waals surface area contributed by atoms with E-state index >= 15 is 0 Å². The fourth-order valence-corrected chi connectivity index (χ4v) is 4.14. The van der Waals surface area contributed by atoms with Gasteiger partial charge in [0.15, 0.2) is 0 Å². The first-order valence-electron chi connectivity index (χ1n) is 8.79. The summed E-state index contributed by atoms with van der Waals surface area (Å²) in [5.74, 6) is -0.204. The van der Waals surface area contributed by atoms with E-state index in [-0.39, 0.29) is 6.42 Å². The summed E-state index contributed by atoms with van der Waals surface area (Å²) in [6, 6.07) is 4.67. The molecule has 0 unspecified atom stereocenters. The molecule has 126 valence electrons. The Labute approximate surface area is 138 Å². The molecule has 2 aliphatic heterocycles. The maximum Gasteiger partial charge on any atom is 0.303 e. The number of likely N-dealkylation sites (tertiary alicyclic amines) is 2. The number of pyridine rings is 1. The van der Waals surface area contributed by atoms with Gasteiger partial charge in [-0.25, -0.2) is 0 Å². The summed E-state index contributed by atoms with van der Waals surface area (Å²) in [5.41, 5.74) is 1.24. The van der Waals surface area contributed by atoms with Gasteiger partial charge >= 0.3 is 5.97 Å². The highest BCUT2D eigenvalue weighted by Gasteiger charge is 2.34. The van der Waals surface area contributed by atoms with Crippen LogP contribution in [0.2, 0.25) is 0 Å². The highest BCUT2D eigenvalue weighted by Crippen LogP contribution is 2.29. The van der Waals surface area contributed by atoms with Gasteiger partial charge in [0.25, 0.3) is 0 Å². The van der Waals surface area contributed by atoms with Crippen LogP contribution in [0.25, 0.3) is 0 Å². The van der Waals surface area contributed by atoms with Crippen LogP contribution in [-0.4, -0.2) is 58.1 Å². The molecule has 2 saturated heterocycles. The van der Waals surface area contributed by atoms with E-state index in [2.05, 4.69) is 20.9 Å². The summed E-state index contributed by atoms with van der Waals surface area (Å²) in [7, 11) is 0. The quantitative estimate of drug-likeness (QED) is 0.872. The van der Waals surface area contributed by atoms with Crippen molar-refractivity contribution < 1.29 is 9.90 Å². The number of aromatic nitrogens is 1. The summed E-state index contributed by atoms with van der Waals surface area (Å²) < 4.78 is 0. The van der Waals surface area contributed by atoms with Crippen molar-refractivity contribution in [2.24, 2.45) is 5.92 Å². The van der Waals surface area contributed by atoms with E-state index < -0.39 is 5.97 Å². The van der Waals surface area contributed by atoms with Crippen molar-refractivity contribution in [3.8, 4) is 0 Å². The molecule has 1 aromatic heterocycles. The van der Waals surface area contributed by atoms with Crippen LogP contribution in [0.5, 0.6) is 0 Å². The van der Waals surface area contributed by atoms with Gasteiger partial charge in [-0.05, 0) is 62.9 Å². The predicted octanol–water partition coefficient (Wildman–Crippen LogP) is 2.23. The summed E-state index contributed by atoms with van der Waals surface area (Å²) in [6.45, 7) is 5.40. The molecule has 0 bridgehead atoms. The fourth-order valence-electron chi connectivity index (χ4n) is 4.14. The molecule has 5 nitrogen and oxygen atoms in total. The number of carboxylic acid groups (broad SMARTS) is 1. The molecule has 0 saturated carbocycles. The zero-order chi connectivity index (χ0) is 16.1. The molecule has 0 radical (unpaired) electrons. The lowest BCUT2D eigenvalue weighted by Crippen LogP contribution is -2.50. The van der Waals surface area contributed by atoms with Crippen LogP contribution < -0.4 is 0 Å². The van der Waals surface area contributed by atoms with E-state index in [1.165, 1.54) is 31.5 Å². The molecule has 5 heteroatoms. The molecule has 23 heavy (non-hydrogen) atoms. The van der Waals surface area contributed by atoms with Gasteiger partial charge in [0.2, 0.25) is 0 Å². The summed E-state index contributed by atoms with van der Waals surface area (Å²) in [4.78, 5) is 20.3. The van der Waals surface area contributed by atoms with Crippen LogP contribution in [0.1, 0.15) is 37.7 Å². The average Bonchev–Trinajstić information content (AvgIpc) is 3.08. The highest BCUT2D eigenvalue weighted by molar-refractivity contribution is 5.66. The van der Waals surface area contributed by atoms with Crippen molar-refractivity contribution in [2.45, 2.75) is 44.7 Å². The van der Waals surface area contributed by atoms with Gasteiger partial charge in [-0.1, -0.05) is 6.07 Å². The van der Waals surface area contributed by atoms with Crippen LogP contribution in [0, 0.1) is 5.92 Å².